The van der Waals surface area contributed by atoms with Crippen molar-refractivity contribution in [2.45, 2.75) is 10.9 Å². The molecule has 1 aromatic carbocycles. The number of nitro benzene ring substituents is 1. The van der Waals surface area contributed by atoms with Crippen molar-refractivity contribution in [3.63, 3.8) is 0 Å². The molecule has 0 bridgehead atoms. The van der Waals surface area contributed by atoms with Gasteiger partial charge >= 0.3 is 5.69 Å². The van der Waals surface area contributed by atoms with Gasteiger partial charge in [-0.3, -0.25) is 15.1 Å². The van der Waals surface area contributed by atoms with Gasteiger partial charge in [-0.25, -0.2) is 0 Å². The predicted molar refractivity (Wildman–Crippen MR) is 86.8 cm³/mol. The summed E-state index contributed by atoms with van der Waals surface area (Å²) in [7, 11) is 1.83. The van der Waals surface area contributed by atoms with Crippen molar-refractivity contribution in [1.29, 1.82) is 0 Å². The lowest BCUT2D eigenvalue weighted by atomic mass is 10.2. The van der Waals surface area contributed by atoms with Gasteiger partial charge in [0.25, 0.3) is 0 Å². The van der Waals surface area contributed by atoms with E-state index in [0.717, 1.165) is 5.56 Å². The minimum absolute atomic E-state index is 0.425. The molecule has 0 aliphatic rings. The minimum atomic E-state index is -0.841. The van der Waals surface area contributed by atoms with Gasteiger partial charge in [0, 0.05) is 36.8 Å². The second-order valence-corrected chi connectivity index (χ2v) is 5.88. The maximum atomic E-state index is 13.6. The first-order chi connectivity index (χ1) is 11.6. The molecule has 24 heavy (non-hydrogen) atoms. The predicted octanol–water partition coefficient (Wildman–Crippen LogP) is 3.22. The normalized spacial score (nSPS) is 10.8. The van der Waals surface area contributed by atoms with Gasteiger partial charge in [-0.05, 0) is 23.8 Å². The van der Waals surface area contributed by atoms with Crippen LogP contribution in [0.3, 0.4) is 0 Å². The fourth-order valence-electron chi connectivity index (χ4n) is 2.12. The van der Waals surface area contributed by atoms with Crippen molar-refractivity contribution < 1.29 is 9.31 Å². The average Bonchev–Trinajstić information content (AvgIpc) is 2.94. The average molecular weight is 345 g/mol. The van der Waals surface area contributed by atoms with Gasteiger partial charge in [-0.15, -0.1) is 10.2 Å². The van der Waals surface area contributed by atoms with Crippen LogP contribution in [0, 0.1) is 15.9 Å². The van der Waals surface area contributed by atoms with Crippen molar-refractivity contribution in [2.24, 2.45) is 7.05 Å². The maximum Gasteiger partial charge on any atom is 0.304 e. The van der Waals surface area contributed by atoms with Gasteiger partial charge in [0.15, 0.2) is 11.0 Å². The standard InChI is InChI=1S/C15H12FN5O2S/c1-20-14(11-3-2-6-17-8-11)18-19-15(20)24-9-10-4-5-13(21(22)23)12(16)7-10/h2-8H,9H2,1H3. The molecule has 2 heterocycles. The molecule has 0 unspecified atom stereocenters. The molecule has 0 amide bonds. The fraction of sp³-hybridized carbons (Fsp3) is 0.133. The lowest BCUT2D eigenvalue weighted by Gasteiger charge is -2.04. The molecular weight excluding hydrogens is 333 g/mol. The molecule has 0 spiro atoms. The second kappa shape index (κ2) is 6.75. The summed E-state index contributed by atoms with van der Waals surface area (Å²) in [5, 5.41) is 19.6. The molecule has 0 atom stereocenters. The molecule has 0 N–H and O–H groups in total. The molecule has 7 nitrogen and oxygen atoms in total. The summed E-state index contributed by atoms with van der Waals surface area (Å²) in [4.78, 5) is 13.9. The van der Waals surface area contributed by atoms with Crippen molar-refractivity contribution in [2.75, 3.05) is 0 Å². The van der Waals surface area contributed by atoms with Crippen molar-refractivity contribution in [3.8, 4) is 11.4 Å². The molecule has 122 valence electrons. The van der Waals surface area contributed by atoms with Crippen molar-refractivity contribution >= 4 is 17.4 Å². The number of pyridine rings is 1. The smallest absolute Gasteiger partial charge is 0.304 e. The van der Waals surface area contributed by atoms with Crippen LogP contribution < -0.4 is 0 Å². The number of benzene rings is 1. The lowest BCUT2D eigenvalue weighted by molar-refractivity contribution is -0.387. The van der Waals surface area contributed by atoms with Gasteiger partial charge in [-0.1, -0.05) is 17.8 Å². The van der Waals surface area contributed by atoms with Gasteiger partial charge in [0.1, 0.15) is 0 Å². The van der Waals surface area contributed by atoms with E-state index in [9.17, 15) is 14.5 Å². The topological polar surface area (TPSA) is 86.7 Å². The Balaban J connectivity index is 1.75. The first kappa shape index (κ1) is 16.1. The molecule has 2 aromatic heterocycles. The minimum Gasteiger partial charge on any atom is -0.305 e. The summed E-state index contributed by atoms with van der Waals surface area (Å²) >= 11 is 1.37. The Hall–Kier alpha value is -2.81. The number of thioether (sulfide) groups is 1. The van der Waals surface area contributed by atoms with E-state index in [-0.39, 0.29) is 0 Å². The fourth-order valence-corrected chi connectivity index (χ4v) is 2.98. The zero-order valence-corrected chi connectivity index (χ0v) is 13.4. The molecule has 0 aliphatic heterocycles. The number of nitrogens with zero attached hydrogens (tertiary/aromatic N) is 5. The number of rotatable bonds is 5. The summed E-state index contributed by atoms with van der Waals surface area (Å²) in [5.74, 6) is 0.265. The molecule has 0 saturated carbocycles. The Kier molecular flexibility index (Phi) is 4.52. The van der Waals surface area contributed by atoms with E-state index in [1.54, 1.807) is 12.4 Å². The molecule has 0 saturated heterocycles. The quantitative estimate of drug-likeness (QED) is 0.401. The van der Waals surface area contributed by atoms with Gasteiger partial charge in [0.2, 0.25) is 5.82 Å². The van der Waals surface area contributed by atoms with Gasteiger partial charge in [-0.2, -0.15) is 4.39 Å². The highest BCUT2D eigenvalue weighted by atomic mass is 32.2. The highest BCUT2D eigenvalue weighted by Gasteiger charge is 2.15. The summed E-state index contributed by atoms with van der Waals surface area (Å²) < 4.78 is 15.5. The van der Waals surface area contributed by atoms with E-state index in [1.165, 1.54) is 30.0 Å². The number of hydrogen-bond acceptors (Lipinski definition) is 6. The Morgan fingerprint density at radius 2 is 2.17 bits per heavy atom. The number of aromatic nitrogens is 4. The molecule has 3 rings (SSSR count). The SMILES string of the molecule is Cn1c(SCc2ccc([N+](=O)[O-])c(F)c2)nnc1-c1cccnc1. The third kappa shape index (κ3) is 3.25. The van der Waals surface area contributed by atoms with Crippen LogP contribution in [0.1, 0.15) is 5.56 Å². The van der Waals surface area contributed by atoms with E-state index >= 15 is 0 Å². The summed E-state index contributed by atoms with van der Waals surface area (Å²) in [5.41, 5.74) is 0.955. The lowest BCUT2D eigenvalue weighted by Crippen LogP contribution is -1.96. The molecule has 3 aromatic rings. The van der Waals surface area contributed by atoms with Gasteiger partial charge in [0.05, 0.1) is 4.92 Å². The van der Waals surface area contributed by atoms with Gasteiger partial charge < -0.3 is 4.57 Å². The van der Waals surface area contributed by atoms with Crippen LogP contribution in [0.15, 0.2) is 47.9 Å². The zero-order valence-electron chi connectivity index (χ0n) is 12.6. The summed E-state index contributed by atoms with van der Waals surface area (Å²) in [6.07, 6.45) is 3.38. The third-order valence-corrected chi connectivity index (χ3v) is 4.42. The Bertz CT molecular complexity index is 885. The van der Waals surface area contributed by atoms with Crippen LogP contribution in [0.4, 0.5) is 10.1 Å². The van der Waals surface area contributed by atoms with E-state index in [4.69, 9.17) is 0 Å². The highest BCUT2D eigenvalue weighted by molar-refractivity contribution is 7.98. The Labute approximate surface area is 140 Å². The van der Waals surface area contributed by atoms with Crippen LogP contribution in [0.25, 0.3) is 11.4 Å². The highest BCUT2D eigenvalue weighted by Crippen LogP contribution is 2.26. The Morgan fingerprint density at radius 1 is 1.33 bits per heavy atom. The maximum absolute atomic E-state index is 13.6. The van der Waals surface area contributed by atoms with Crippen LogP contribution in [0.2, 0.25) is 0 Å². The summed E-state index contributed by atoms with van der Waals surface area (Å²) in [6, 6.07) is 7.58. The Morgan fingerprint density at radius 3 is 2.83 bits per heavy atom. The molecule has 0 aliphatic carbocycles. The van der Waals surface area contributed by atoms with Crippen LogP contribution in [-0.4, -0.2) is 24.7 Å². The second-order valence-electron chi connectivity index (χ2n) is 4.94. The first-order valence-electron chi connectivity index (χ1n) is 6.91. The van der Waals surface area contributed by atoms with E-state index in [2.05, 4.69) is 15.2 Å². The van der Waals surface area contributed by atoms with E-state index in [1.807, 2.05) is 23.7 Å². The van der Waals surface area contributed by atoms with E-state index in [0.29, 0.717) is 22.3 Å². The first-order valence-corrected chi connectivity index (χ1v) is 7.90. The zero-order chi connectivity index (χ0) is 17.1. The summed E-state index contributed by atoms with van der Waals surface area (Å²) in [6.45, 7) is 0. The molecular formula is C15H12FN5O2S. The third-order valence-electron chi connectivity index (χ3n) is 3.33. The number of halogens is 1. The largest absolute Gasteiger partial charge is 0.305 e. The monoisotopic (exact) mass is 345 g/mol. The van der Waals surface area contributed by atoms with Crippen LogP contribution in [-0.2, 0) is 12.8 Å². The number of nitro groups is 1. The van der Waals surface area contributed by atoms with Crippen molar-refractivity contribution in [3.05, 3.63) is 64.2 Å². The van der Waals surface area contributed by atoms with Crippen LogP contribution >= 0.6 is 11.8 Å². The molecule has 0 fully saturated rings. The molecule has 9 heteroatoms. The van der Waals surface area contributed by atoms with Crippen molar-refractivity contribution in [1.82, 2.24) is 19.7 Å². The molecule has 0 radical (unpaired) electrons. The van der Waals surface area contributed by atoms with Crippen LogP contribution in [0.5, 0.6) is 0 Å². The number of hydrogen-bond donors (Lipinski definition) is 0. The van der Waals surface area contributed by atoms with E-state index < -0.39 is 16.4 Å².